The molecule has 0 aliphatic heterocycles. The van der Waals surface area contributed by atoms with E-state index in [0.29, 0.717) is 0 Å². The zero-order valence-corrected chi connectivity index (χ0v) is 17.7. The molecule has 0 amide bonds. The number of esters is 1. The minimum absolute atomic E-state index is 0.0692. The maximum atomic E-state index is 13.0. The van der Waals surface area contributed by atoms with Crippen molar-refractivity contribution in [2.24, 2.45) is 0 Å². The predicted molar refractivity (Wildman–Crippen MR) is 118 cm³/mol. The van der Waals surface area contributed by atoms with Gasteiger partial charge in [-0.25, -0.2) is 9.59 Å². The molecule has 2 aromatic heterocycles. The number of aliphatic hydroxyl groups excluding tert-OH is 1. The third-order valence-corrected chi connectivity index (χ3v) is 5.28. The van der Waals surface area contributed by atoms with E-state index >= 15 is 0 Å². The summed E-state index contributed by atoms with van der Waals surface area (Å²) in [6.45, 7) is 2.55. The second-order valence-electron chi connectivity index (χ2n) is 7.63. The maximum absolute atomic E-state index is 13.0. The Kier molecular flexibility index (Phi) is 5.65. The summed E-state index contributed by atoms with van der Waals surface area (Å²) < 4.78 is 15.6. The fourth-order valence-corrected chi connectivity index (χ4v) is 3.75. The highest BCUT2D eigenvalue weighted by Crippen LogP contribution is 2.39. The normalized spacial score (nSPS) is 11.4. The second kappa shape index (κ2) is 8.44. The lowest BCUT2D eigenvalue weighted by Crippen LogP contribution is -2.28. The van der Waals surface area contributed by atoms with Crippen LogP contribution in [0.3, 0.4) is 0 Å². The minimum atomic E-state index is -1.88. The van der Waals surface area contributed by atoms with Gasteiger partial charge in [-0.05, 0) is 38.1 Å². The van der Waals surface area contributed by atoms with Crippen molar-refractivity contribution in [3.63, 3.8) is 0 Å². The SMILES string of the molecule is Cc1ccc2oc(=O)c(C(C(=O)OCCO)c3c(O)c4cc(C)ccc4oc3=O)c(O)c2c1. The molecule has 0 fully saturated rings. The minimum Gasteiger partial charge on any atom is -0.507 e. The number of ether oxygens (including phenoxy) is 1. The number of rotatable bonds is 5. The fraction of sp³-hybridized carbons (Fsp3) is 0.208. The van der Waals surface area contributed by atoms with E-state index in [2.05, 4.69) is 0 Å². The van der Waals surface area contributed by atoms with Gasteiger partial charge in [0.15, 0.2) is 0 Å². The van der Waals surface area contributed by atoms with Gasteiger partial charge in [0.05, 0.1) is 28.5 Å². The van der Waals surface area contributed by atoms with Crippen LogP contribution in [0.15, 0.2) is 54.8 Å². The topological polar surface area (TPSA) is 147 Å². The molecule has 0 aliphatic rings. The molecule has 3 N–H and O–H groups in total. The van der Waals surface area contributed by atoms with Crippen LogP contribution in [0.2, 0.25) is 0 Å². The van der Waals surface area contributed by atoms with Gasteiger partial charge in [-0.3, -0.25) is 4.79 Å². The summed E-state index contributed by atoms with van der Waals surface area (Å²) in [7, 11) is 0. The van der Waals surface area contributed by atoms with E-state index in [1.807, 2.05) is 0 Å². The number of hydrogen-bond acceptors (Lipinski definition) is 9. The average molecular weight is 452 g/mol. The van der Waals surface area contributed by atoms with Crippen LogP contribution in [-0.2, 0) is 9.53 Å². The Hall–Kier alpha value is -4.11. The summed E-state index contributed by atoms with van der Waals surface area (Å²) in [6.07, 6.45) is 0. The number of carbonyl (C=O) groups is 1. The largest absolute Gasteiger partial charge is 0.507 e. The highest BCUT2D eigenvalue weighted by atomic mass is 16.5. The Labute approximate surface area is 186 Å². The summed E-state index contributed by atoms with van der Waals surface area (Å²) in [5, 5.41) is 31.3. The van der Waals surface area contributed by atoms with Crippen LogP contribution in [0.4, 0.5) is 0 Å². The quantitative estimate of drug-likeness (QED) is 0.307. The molecule has 0 unspecified atom stereocenters. The molecular formula is C24H20O9. The zero-order chi connectivity index (χ0) is 23.9. The number of hydrogen-bond donors (Lipinski definition) is 3. The Morgan fingerprint density at radius 1 is 0.879 bits per heavy atom. The monoisotopic (exact) mass is 452 g/mol. The first-order valence-corrected chi connectivity index (χ1v) is 10.0. The molecule has 2 heterocycles. The molecule has 2 aromatic carbocycles. The molecule has 9 nitrogen and oxygen atoms in total. The Morgan fingerprint density at radius 2 is 1.33 bits per heavy atom. The molecule has 33 heavy (non-hydrogen) atoms. The third-order valence-electron chi connectivity index (χ3n) is 5.28. The number of fused-ring (bicyclic) bond motifs is 2. The first kappa shape index (κ1) is 22.1. The van der Waals surface area contributed by atoms with Crippen molar-refractivity contribution >= 4 is 27.9 Å². The Bertz CT molecular complexity index is 1410. The molecular weight excluding hydrogens is 432 g/mol. The predicted octanol–water partition coefficient (Wildman–Crippen LogP) is 2.59. The van der Waals surface area contributed by atoms with Crippen LogP contribution < -0.4 is 11.3 Å². The van der Waals surface area contributed by atoms with Gasteiger partial charge in [0.2, 0.25) is 0 Å². The van der Waals surface area contributed by atoms with Crippen LogP contribution >= 0.6 is 0 Å². The van der Waals surface area contributed by atoms with Crippen LogP contribution in [0, 0.1) is 13.8 Å². The van der Waals surface area contributed by atoms with Gasteiger partial charge < -0.3 is 28.9 Å². The van der Waals surface area contributed by atoms with E-state index in [0.717, 1.165) is 11.1 Å². The average Bonchev–Trinajstić information content (AvgIpc) is 2.77. The number of carbonyl (C=O) groups excluding carboxylic acids is 1. The van der Waals surface area contributed by atoms with Crippen molar-refractivity contribution in [1.29, 1.82) is 0 Å². The van der Waals surface area contributed by atoms with E-state index in [4.69, 9.17) is 18.7 Å². The summed E-state index contributed by atoms with van der Waals surface area (Å²) in [4.78, 5) is 38.7. The van der Waals surface area contributed by atoms with Gasteiger partial charge in [0, 0.05) is 0 Å². The number of aromatic hydroxyl groups is 2. The molecule has 9 heteroatoms. The van der Waals surface area contributed by atoms with Crippen LogP contribution in [-0.4, -0.2) is 34.5 Å². The second-order valence-corrected chi connectivity index (χ2v) is 7.63. The Morgan fingerprint density at radius 3 is 1.76 bits per heavy atom. The van der Waals surface area contributed by atoms with Gasteiger partial charge >= 0.3 is 17.2 Å². The highest BCUT2D eigenvalue weighted by molar-refractivity contribution is 5.92. The van der Waals surface area contributed by atoms with Gasteiger partial charge in [0.1, 0.15) is 35.2 Å². The van der Waals surface area contributed by atoms with Crippen LogP contribution in [0.1, 0.15) is 28.2 Å². The van der Waals surface area contributed by atoms with Crippen molar-refractivity contribution in [1.82, 2.24) is 0 Å². The Balaban J connectivity index is 2.08. The van der Waals surface area contributed by atoms with Crippen molar-refractivity contribution in [3.8, 4) is 11.5 Å². The lowest BCUT2D eigenvalue weighted by atomic mass is 9.90. The maximum Gasteiger partial charge on any atom is 0.344 e. The molecule has 4 rings (SSSR count). The lowest BCUT2D eigenvalue weighted by molar-refractivity contribution is -0.145. The van der Waals surface area contributed by atoms with Crippen molar-refractivity contribution in [2.75, 3.05) is 13.2 Å². The first-order chi connectivity index (χ1) is 15.7. The van der Waals surface area contributed by atoms with Crippen molar-refractivity contribution in [2.45, 2.75) is 19.8 Å². The first-order valence-electron chi connectivity index (χ1n) is 10.0. The van der Waals surface area contributed by atoms with Crippen molar-refractivity contribution < 1.29 is 33.7 Å². The van der Waals surface area contributed by atoms with Crippen LogP contribution in [0.5, 0.6) is 11.5 Å². The standard InChI is InChI=1S/C24H20O9/c1-11-3-5-15-13(9-11)20(26)18(23(29)32-15)17(22(28)31-8-7-25)19-21(27)14-10-12(2)4-6-16(14)33-24(19)30/h3-6,9-10,17,25-27H,7-8H2,1-2H3. The van der Waals surface area contributed by atoms with E-state index in [1.165, 1.54) is 12.1 Å². The van der Waals surface area contributed by atoms with Crippen molar-refractivity contribution in [3.05, 3.63) is 79.5 Å². The molecule has 0 spiro atoms. The van der Waals surface area contributed by atoms with Gasteiger partial charge in [-0.1, -0.05) is 23.3 Å². The zero-order valence-electron chi connectivity index (χ0n) is 17.7. The molecule has 170 valence electrons. The fourth-order valence-electron chi connectivity index (χ4n) is 3.75. The molecule has 0 aliphatic carbocycles. The summed E-state index contributed by atoms with van der Waals surface area (Å²) >= 11 is 0. The van der Waals surface area contributed by atoms with Crippen LogP contribution in [0.25, 0.3) is 21.9 Å². The summed E-state index contributed by atoms with van der Waals surface area (Å²) in [5.74, 6) is -4.23. The number of aliphatic hydroxyl groups is 1. The van der Waals surface area contributed by atoms with E-state index in [-0.39, 0.29) is 21.9 Å². The molecule has 0 saturated heterocycles. The van der Waals surface area contributed by atoms with Gasteiger partial charge in [-0.2, -0.15) is 0 Å². The third kappa shape index (κ3) is 3.83. The van der Waals surface area contributed by atoms with E-state index in [1.54, 1.807) is 38.1 Å². The molecule has 0 bridgehead atoms. The van der Waals surface area contributed by atoms with Gasteiger partial charge in [-0.15, -0.1) is 0 Å². The number of benzene rings is 2. The molecule has 0 radical (unpaired) electrons. The summed E-state index contributed by atoms with van der Waals surface area (Å²) in [6, 6.07) is 9.39. The highest BCUT2D eigenvalue weighted by Gasteiger charge is 2.37. The lowest BCUT2D eigenvalue weighted by Gasteiger charge is -2.18. The van der Waals surface area contributed by atoms with Gasteiger partial charge in [0.25, 0.3) is 0 Å². The summed E-state index contributed by atoms with van der Waals surface area (Å²) in [5.41, 5.74) is -1.77. The van der Waals surface area contributed by atoms with E-state index < -0.39 is 59.0 Å². The number of aryl methyl sites for hydroxylation is 2. The molecule has 4 aromatic rings. The molecule has 0 atom stereocenters. The smallest absolute Gasteiger partial charge is 0.344 e. The molecule has 0 saturated carbocycles. The van der Waals surface area contributed by atoms with E-state index in [9.17, 15) is 24.6 Å².